The molecule has 1 aromatic carbocycles. The molecule has 0 aliphatic carbocycles. The number of hydrogen-bond donors (Lipinski definition) is 2. The summed E-state index contributed by atoms with van der Waals surface area (Å²) in [5.74, 6) is 0.647. The van der Waals surface area contributed by atoms with Crippen LogP contribution in [0.5, 0.6) is 0 Å². The highest BCUT2D eigenvalue weighted by atomic mass is 16.1. The average molecular weight is 257 g/mol. The highest BCUT2D eigenvalue weighted by Gasteiger charge is 2.14. The molecular weight excluding hydrogens is 238 g/mol. The fourth-order valence-corrected chi connectivity index (χ4v) is 2.30. The Morgan fingerprint density at radius 2 is 2.00 bits per heavy atom. The molecule has 0 bridgehead atoms. The first kappa shape index (κ1) is 13.3. The molecule has 1 unspecified atom stereocenters. The van der Waals surface area contributed by atoms with E-state index in [4.69, 9.17) is 0 Å². The Hall–Kier alpha value is -2.10. The predicted molar refractivity (Wildman–Crippen MR) is 77.5 cm³/mol. The molecule has 0 amide bonds. The Labute approximate surface area is 112 Å². The lowest BCUT2D eigenvalue weighted by Gasteiger charge is -2.17. The molecule has 2 rings (SSSR count). The maximum atomic E-state index is 12.0. The second kappa shape index (κ2) is 5.26. The lowest BCUT2D eigenvalue weighted by atomic mass is 10.1. The Balaban J connectivity index is 2.30. The van der Waals surface area contributed by atoms with E-state index in [0.29, 0.717) is 11.4 Å². The first-order valence-electron chi connectivity index (χ1n) is 6.38. The zero-order valence-corrected chi connectivity index (χ0v) is 11.7. The monoisotopic (exact) mass is 257 g/mol. The van der Waals surface area contributed by atoms with Crippen molar-refractivity contribution in [1.82, 2.24) is 9.97 Å². The van der Waals surface area contributed by atoms with Crippen molar-refractivity contribution >= 4 is 5.69 Å². The zero-order valence-electron chi connectivity index (χ0n) is 11.7. The van der Waals surface area contributed by atoms with E-state index in [2.05, 4.69) is 21.4 Å². The molecule has 100 valence electrons. The number of aromatic nitrogens is 2. The largest absolute Gasteiger partial charge is 0.378 e. The fraction of sp³-hybridized carbons (Fsp3) is 0.333. The average Bonchev–Trinajstić information content (AvgIpc) is 2.27. The van der Waals surface area contributed by atoms with Gasteiger partial charge in [0.1, 0.15) is 5.82 Å². The lowest BCUT2D eigenvalue weighted by Crippen LogP contribution is -2.23. The van der Waals surface area contributed by atoms with Crippen molar-refractivity contribution in [2.75, 3.05) is 5.32 Å². The normalized spacial score (nSPS) is 12.2. The minimum atomic E-state index is -0.0846. The molecule has 19 heavy (non-hydrogen) atoms. The zero-order chi connectivity index (χ0) is 14.0. The topological polar surface area (TPSA) is 57.8 Å². The summed E-state index contributed by atoms with van der Waals surface area (Å²) in [5.41, 5.74) is 3.58. The number of aromatic amines is 1. The third kappa shape index (κ3) is 3.02. The van der Waals surface area contributed by atoms with Crippen LogP contribution >= 0.6 is 0 Å². The van der Waals surface area contributed by atoms with Crippen molar-refractivity contribution in [2.24, 2.45) is 0 Å². The van der Waals surface area contributed by atoms with Gasteiger partial charge < -0.3 is 10.3 Å². The highest BCUT2D eigenvalue weighted by Crippen LogP contribution is 2.19. The van der Waals surface area contributed by atoms with Crippen LogP contribution in [-0.4, -0.2) is 9.97 Å². The molecule has 1 aromatic heterocycles. The molecule has 1 heterocycles. The number of aryl methyl sites for hydroxylation is 3. The second-order valence-corrected chi connectivity index (χ2v) is 4.89. The van der Waals surface area contributed by atoms with E-state index >= 15 is 0 Å². The number of anilines is 1. The number of hydrogen-bond acceptors (Lipinski definition) is 3. The van der Waals surface area contributed by atoms with Crippen LogP contribution < -0.4 is 10.9 Å². The quantitative estimate of drug-likeness (QED) is 0.889. The van der Waals surface area contributed by atoms with Crippen LogP contribution in [0, 0.1) is 20.8 Å². The molecule has 0 aliphatic heterocycles. The number of rotatable bonds is 3. The van der Waals surface area contributed by atoms with Crippen molar-refractivity contribution in [3.05, 3.63) is 57.3 Å². The third-order valence-electron chi connectivity index (χ3n) is 3.10. The minimum absolute atomic E-state index is 0.0716. The van der Waals surface area contributed by atoms with Gasteiger partial charge in [-0.15, -0.1) is 0 Å². The van der Waals surface area contributed by atoms with E-state index in [0.717, 1.165) is 11.4 Å². The van der Waals surface area contributed by atoms with Gasteiger partial charge in [-0.1, -0.05) is 12.1 Å². The molecule has 4 nitrogen and oxygen atoms in total. The van der Waals surface area contributed by atoms with E-state index < -0.39 is 0 Å². The summed E-state index contributed by atoms with van der Waals surface area (Å²) in [6, 6.07) is 8.01. The molecule has 0 radical (unpaired) electrons. The number of H-pyrrole nitrogens is 1. The summed E-state index contributed by atoms with van der Waals surface area (Å²) in [5, 5.41) is 3.34. The van der Waals surface area contributed by atoms with E-state index in [-0.39, 0.29) is 11.6 Å². The molecule has 0 saturated carbocycles. The van der Waals surface area contributed by atoms with Crippen molar-refractivity contribution in [2.45, 2.75) is 33.7 Å². The first-order chi connectivity index (χ1) is 8.97. The third-order valence-corrected chi connectivity index (χ3v) is 3.10. The van der Waals surface area contributed by atoms with Crippen LogP contribution in [0.4, 0.5) is 5.69 Å². The Bertz CT molecular complexity index is 646. The number of nitrogens with one attached hydrogen (secondary N) is 2. The van der Waals surface area contributed by atoms with Crippen LogP contribution in [0.25, 0.3) is 0 Å². The smallest absolute Gasteiger partial charge is 0.256 e. The van der Waals surface area contributed by atoms with Gasteiger partial charge in [-0.05, 0) is 45.4 Å². The standard InChI is InChI=1S/C15H19N3O/c1-9-6-5-7-13(8-9)17-11(3)14-10(2)16-12(4)18-15(14)19/h5-8,11,17H,1-4H3,(H,16,18,19). The number of benzene rings is 1. The maximum Gasteiger partial charge on any atom is 0.256 e. The summed E-state index contributed by atoms with van der Waals surface area (Å²) >= 11 is 0. The molecular formula is C15H19N3O. The second-order valence-electron chi connectivity index (χ2n) is 4.89. The van der Waals surface area contributed by atoms with Gasteiger partial charge in [0.2, 0.25) is 0 Å². The maximum absolute atomic E-state index is 12.0. The summed E-state index contributed by atoms with van der Waals surface area (Å²) in [6.07, 6.45) is 0. The van der Waals surface area contributed by atoms with Crippen molar-refractivity contribution < 1.29 is 0 Å². The highest BCUT2D eigenvalue weighted by molar-refractivity contribution is 5.47. The molecule has 0 saturated heterocycles. The van der Waals surface area contributed by atoms with E-state index in [9.17, 15) is 4.79 Å². The van der Waals surface area contributed by atoms with Gasteiger partial charge in [0.15, 0.2) is 0 Å². The van der Waals surface area contributed by atoms with E-state index in [1.807, 2.05) is 39.0 Å². The molecule has 0 fully saturated rings. The van der Waals surface area contributed by atoms with Gasteiger partial charge >= 0.3 is 0 Å². The van der Waals surface area contributed by atoms with E-state index in [1.54, 1.807) is 6.92 Å². The molecule has 0 spiro atoms. The van der Waals surface area contributed by atoms with Crippen LogP contribution in [-0.2, 0) is 0 Å². The van der Waals surface area contributed by atoms with Crippen LogP contribution in [0.3, 0.4) is 0 Å². The van der Waals surface area contributed by atoms with Crippen molar-refractivity contribution in [1.29, 1.82) is 0 Å². The van der Waals surface area contributed by atoms with Crippen molar-refractivity contribution in [3.8, 4) is 0 Å². The summed E-state index contributed by atoms with van der Waals surface area (Å²) in [6.45, 7) is 7.67. The molecule has 1 atom stereocenters. The van der Waals surface area contributed by atoms with Gasteiger partial charge in [-0.2, -0.15) is 0 Å². The van der Waals surface area contributed by atoms with Gasteiger partial charge in [0.25, 0.3) is 5.56 Å². The van der Waals surface area contributed by atoms with Gasteiger partial charge in [-0.25, -0.2) is 4.98 Å². The molecule has 2 N–H and O–H groups in total. The summed E-state index contributed by atoms with van der Waals surface area (Å²) in [4.78, 5) is 19.1. The molecule has 2 aromatic rings. The SMILES string of the molecule is Cc1cccc(NC(C)c2c(C)nc(C)[nH]c2=O)c1. The Morgan fingerprint density at radius 1 is 1.26 bits per heavy atom. The fourth-order valence-electron chi connectivity index (χ4n) is 2.30. The predicted octanol–water partition coefficient (Wildman–Crippen LogP) is 2.87. The summed E-state index contributed by atoms with van der Waals surface area (Å²) < 4.78 is 0. The first-order valence-corrected chi connectivity index (χ1v) is 6.38. The summed E-state index contributed by atoms with van der Waals surface area (Å²) in [7, 11) is 0. The number of nitrogens with zero attached hydrogens (tertiary/aromatic N) is 1. The lowest BCUT2D eigenvalue weighted by molar-refractivity contribution is 0.814. The minimum Gasteiger partial charge on any atom is -0.378 e. The van der Waals surface area contributed by atoms with Crippen LogP contribution in [0.15, 0.2) is 29.1 Å². The van der Waals surface area contributed by atoms with Gasteiger partial charge in [0, 0.05) is 5.69 Å². The van der Waals surface area contributed by atoms with Gasteiger partial charge in [0.05, 0.1) is 17.3 Å². The van der Waals surface area contributed by atoms with Crippen molar-refractivity contribution in [3.63, 3.8) is 0 Å². The van der Waals surface area contributed by atoms with Crippen LogP contribution in [0.1, 0.15) is 35.6 Å². The van der Waals surface area contributed by atoms with Gasteiger partial charge in [-0.3, -0.25) is 4.79 Å². The molecule has 0 aliphatic rings. The Kier molecular flexibility index (Phi) is 3.69. The van der Waals surface area contributed by atoms with E-state index in [1.165, 1.54) is 5.56 Å². The van der Waals surface area contributed by atoms with Crippen LogP contribution in [0.2, 0.25) is 0 Å². The molecule has 4 heteroatoms. The Morgan fingerprint density at radius 3 is 2.63 bits per heavy atom.